The van der Waals surface area contributed by atoms with Crippen LogP contribution in [-0.2, 0) is 26.7 Å². The number of hydrogen-bond donors (Lipinski definition) is 0. The summed E-state index contributed by atoms with van der Waals surface area (Å²) in [6.07, 6.45) is 11.0. The van der Waals surface area contributed by atoms with Crippen molar-refractivity contribution in [1.82, 2.24) is 0 Å². The molecule has 1 rings (SSSR count). The first-order valence-electron chi connectivity index (χ1n) is 4.21. The SMILES string of the molecule is C=O.C=O.[C-]1=CC=CC1.[CH2-]C.[CH2-]CC.[Mn+3]. The molecule has 0 saturated carbocycles. The zero-order valence-electron chi connectivity index (χ0n) is 9.67. The quantitative estimate of drug-likeness (QED) is 0.490. The van der Waals surface area contributed by atoms with E-state index in [1.54, 1.807) is 6.92 Å². The van der Waals surface area contributed by atoms with E-state index in [0.717, 1.165) is 12.8 Å². The van der Waals surface area contributed by atoms with Crippen molar-refractivity contribution < 1.29 is 26.7 Å². The third-order valence-electron chi connectivity index (χ3n) is 0.586. The molecule has 0 amide bonds. The van der Waals surface area contributed by atoms with Crippen molar-refractivity contribution in [3.8, 4) is 0 Å². The van der Waals surface area contributed by atoms with Gasteiger partial charge in [-0.1, -0.05) is 6.92 Å². The number of allylic oxidation sites excluding steroid dienone is 4. The average Bonchev–Trinajstić information content (AvgIpc) is 2.85. The van der Waals surface area contributed by atoms with Crippen LogP contribution in [0.3, 0.4) is 0 Å². The Morgan fingerprint density at radius 1 is 1.27 bits per heavy atom. The molecule has 0 spiro atoms. The minimum Gasteiger partial charge on any atom is -0.346 e. The van der Waals surface area contributed by atoms with Gasteiger partial charge in [-0.3, -0.25) is 6.08 Å². The van der Waals surface area contributed by atoms with E-state index in [0.29, 0.717) is 0 Å². The number of rotatable bonds is 0. The van der Waals surface area contributed by atoms with E-state index in [9.17, 15) is 0 Å². The molecule has 0 bridgehead atoms. The third kappa shape index (κ3) is 91.1. The van der Waals surface area contributed by atoms with Gasteiger partial charge in [0.25, 0.3) is 0 Å². The predicted molar refractivity (Wildman–Crippen MR) is 62.5 cm³/mol. The molecule has 1 aliphatic rings. The summed E-state index contributed by atoms with van der Waals surface area (Å²) in [6, 6.07) is 0. The maximum absolute atomic E-state index is 8.00. The van der Waals surface area contributed by atoms with Crippen LogP contribution in [-0.4, -0.2) is 13.6 Å². The second-order valence-corrected chi connectivity index (χ2v) is 1.50. The monoisotopic (exact) mass is 252 g/mol. The Labute approximate surface area is 105 Å². The van der Waals surface area contributed by atoms with Crippen molar-refractivity contribution in [3.05, 3.63) is 38.2 Å². The predicted octanol–water partition coefficient (Wildman–Crippen LogP) is 3.00. The second-order valence-electron chi connectivity index (χ2n) is 1.50. The maximum Gasteiger partial charge on any atom is 3.00 e. The van der Waals surface area contributed by atoms with Crippen LogP contribution in [0.15, 0.2) is 18.2 Å². The molecule has 0 aromatic rings. The van der Waals surface area contributed by atoms with Crippen LogP contribution < -0.4 is 0 Å². The molecule has 0 aromatic heterocycles. The van der Waals surface area contributed by atoms with Crippen LogP contribution in [0.5, 0.6) is 0 Å². The van der Waals surface area contributed by atoms with Crippen molar-refractivity contribution in [2.45, 2.75) is 26.7 Å². The van der Waals surface area contributed by atoms with Gasteiger partial charge in [0.2, 0.25) is 0 Å². The van der Waals surface area contributed by atoms with Crippen molar-refractivity contribution >= 4 is 13.6 Å². The van der Waals surface area contributed by atoms with E-state index in [-0.39, 0.29) is 17.1 Å². The summed E-state index contributed by atoms with van der Waals surface area (Å²) in [5, 5.41) is 0. The van der Waals surface area contributed by atoms with Crippen LogP contribution in [0.2, 0.25) is 0 Å². The smallest absolute Gasteiger partial charge is 0.346 e. The number of hydrogen-bond acceptors (Lipinski definition) is 2. The van der Waals surface area contributed by atoms with Crippen LogP contribution in [0, 0.1) is 19.9 Å². The number of carbonyl (C=O) groups excluding carboxylic acids is 2. The van der Waals surface area contributed by atoms with Gasteiger partial charge in [-0.15, -0.1) is 6.42 Å². The van der Waals surface area contributed by atoms with Crippen LogP contribution in [0.25, 0.3) is 0 Å². The zero-order chi connectivity index (χ0) is 12.2. The average molecular weight is 252 g/mol. The van der Waals surface area contributed by atoms with E-state index in [2.05, 4.69) is 26.0 Å². The van der Waals surface area contributed by atoms with Gasteiger partial charge in [0.05, 0.1) is 0 Å². The largest absolute Gasteiger partial charge is 3.00 e. The fourth-order valence-corrected chi connectivity index (χ4v) is 0.340. The Balaban J connectivity index is -0.0000000299. The third-order valence-corrected chi connectivity index (χ3v) is 0.586. The Hall–Kier alpha value is -0.661. The summed E-state index contributed by atoms with van der Waals surface area (Å²) >= 11 is 0. The van der Waals surface area contributed by atoms with Crippen molar-refractivity contribution in [2.75, 3.05) is 0 Å². The van der Waals surface area contributed by atoms with Gasteiger partial charge in [0.15, 0.2) is 0 Å². The van der Waals surface area contributed by atoms with E-state index < -0.39 is 0 Å². The minimum absolute atomic E-state index is 0. The summed E-state index contributed by atoms with van der Waals surface area (Å²) in [5.74, 6) is 0. The van der Waals surface area contributed by atoms with E-state index in [1.165, 1.54) is 0 Å². The fourth-order valence-electron chi connectivity index (χ4n) is 0.340. The first-order valence-corrected chi connectivity index (χ1v) is 4.21. The van der Waals surface area contributed by atoms with E-state index in [4.69, 9.17) is 9.59 Å². The van der Waals surface area contributed by atoms with E-state index in [1.807, 2.05) is 32.7 Å². The Kier molecular flexibility index (Phi) is 139. The topological polar surface area (TPSA) is 34.1 Å². The molecule has 88 valence electrons. The van der Waals surface area contributed by atoms with Crippen LogP contribution in [0.1, 0.15) is 26.7 Å². The molecule has 3 heteroatoms. The summed E-state index contributed by atoms with van der Waals surface area (Å²) < 4.78 is 0. The van der Waals surface area contributed by atoms with Crippen molar-refractivity contribution in [3.63, 3.8) is 0 Å². The van der Waals surface area contributed by atoms with Gasteiger partial charge in [0.1, 0.15) is 13.6 Å². The van der Waals surface area contributed by atoms with Gasteiger partial charge in [-0.2, -0.15) is 19.4 Å². The minimum atomic E-state index is 0. The standard InChI is InChI=1S/C5H5.C3H7.C2H5.2CH2O.Mn/c1-2-4-5-3-1;1-3-2;3*1-2;/h1-3H,4H2;1,3H2,2H3;1H2,2H3;2*1H2;/q3*-1;;;+3. The molecule has 0 heterocycles. The molecule has 0 atom stereocenters. The molecular weight excluding hydrogens is 231 g/mol. The van der Waals surface area contributed by atoms with E-state index >= 15 is 0 Å². The summed E-state index contributed by atoms with van der Waals surface area (Å²) in [5.41, 5.74) is 0. The Morgan fingerprint density at radius 3 is 1.67 bits per heavy atom. The molecule has 0 unspecified atom stereocenters. The molecule has 0 aromatic carbocycles. The van der Waals surface area contributed by atoms with Crippen molar-refractivity contribution in [1.29, 1.82) is 0 Å². The summed E-state index contributed by atoms with van der Waals surface area (Å²) in [4.78, 5) is 16.0. The molecule has 0 N–H and O–H groups in total. The molecule has 0 radical (unpaired) electrons. The maximum atomic E-state index is 8.00. The Bertz CT molecular complexity index is 100. The first-order chi connectivity index (χ1) is 6.91. The number of carbonyl (C=O) groups is 2. The van der Waals surface area contributed by atoms with Gasteiger partial charge in [-0.05, 0) is 0 Å². The van der Waals surface area contributed by atoms with Crippen LogP contribution >= 0.6 is 0 Å². The van der Waals surface area contributed by atoms with Gasteiger partial charge in [0, 0.05) is 0 Å². The zero-order valence-corrected chi connectivity index (χ0v) is 10.8. The normalized spacial score (nSPS) is 8.00. The molecule has 1 aliphatic carbocycles. The van der Waals surface area contributed by atoms with Gasteiger partial charge < -0.3 is 23.4 Å². The van der Waals surface area contributed by atoms with Gasteiger partial charge >= 0.3 is 17.1 Å². The molecule has 0 fully saturated rings. The first kappa shape index (κ1) is 29.3. The van der Waals surface area contributed by atoms with Crippen LogP contribution in [0.4, 0.5) is 0 Å². The summed E-state index contributed by atoms with van der Waals surface area (Å²) in [6.45, 7) is 14.5. The van der Waals surface area contributed by atoms with Crippen molar-refractivity contribution in [2.24, 2.45) is 0 Å². The molecule has 15 heavy (non-hydrogen) atoms. The molecule has 2 nitrogen and oxygen atoms in total. The Morgan fingerprint density at radius 2 is 1.60 bits per heavy atom. The molecular formula is C12H21MnO2. The summed E-state index contributed by atoms with van der Waals surface area (Å²) in [7, 11) is 0. The second kappa shape index (κ2) is 71.2. The molecule has 0 saturated heterocycles. The van der Waals surface area contributed by atoms with Gasteiger partial charge in [-0.25, -0.2) is 12.2 Å². The fraction of sp³-hybridized carbons (Fsp3) is 0.333. The molecule has 0 aliphatic heterocycles.